The van der Waals surface area contributed by atoms with Crippen LogP contribution < -0.4 is 5.32 Å². The van der Waals surface area contributed by atoms with Crippen LogP contribution in [0, 0.1) is 5.92 Å². The van der Waals surface area contributed by atoms with E-state index in [2.05, 4.69) is 31.0 Å². The third-order valence-electron chi connectivity index (χ3n) is 3.07. The van der Waals surface area contributed by atoms with E-state index >= 15 is 0 Å². The van der Waals surface area contributed by atoms with Crippen LogP contribution in [0.1, 0.15) is 27.2 Å². The lowest BCUT2D eigenvalue weighted by Crippen LogP contribution is -2.31. The zero-order chi connectivity index (χ0) is 11.3. The van der Waals surface area contributed by atoms with Crippen molar-refractivity contribution in [3.8, 4) is 0 Å². The minimum Gasteiger partial charge on any atom is -0.313 e. The summed E-state index contributed by atoms with van der Waals surface area (Å²) in [6.07, 6.45) is 1.33. The smallest absolute Gasteiger partial charge is 0.0173 e. The van der Waals surface area contributed by atoms with E-state index < -0.39 is 0 Å². The molecule has 88 valence electrons. The second-order valence-corrected chi connectivity index (χ2v) is 5.05. The summed E-state index contributed by atoms with van der Waals surface area (Å²) in [5, 5.41) is 3.46. The highest BCUT2D eigenvalue weighted by Gasteiger charge is 2.23. The minimum atomic E-state index is 0.694. The van der Waals surface area contributed by atoms with Gasteiger partial charge in [0.05, 0.1) is 0 Å². The van der Waals surface area contributed by atoms with Gasteiger partial charge in [0.1, 0.15) is 0 Å². The fraction of sp³-hybridized carbons (Fsp3) is 0.833. The van der Waals surface area contributed by atoms with Gasteiger partial charge in [-0.1, -0.05) is 11.6 Å². The van der Waals surface area contributed by atoms with Gasteiger partial charge in [0, 0.05) is 24.7 Å². The number of rotatable bonds is 5. The molecule has 15 heavy (non-hydrogen) atoms. The highest BCUT2D eigenvalue weighted by molar-refractivity contribution is 6.25. The van der Waals surface area contributed by atoms with E-state index in [-0.39, 0.29) is 0 Å². The molecule has 0 amide bonds. The molecular weight excluding hydrogens is 208 g/mol. The Kier molecular flexibility index (Phi) is 5.65. The average molecular weight is 231 g/mol. The van der Waals surface area contributed by atoms with Gasteiger partial charge in [-0.15, -0.1) is 0 Å². The summed E-state index contributed by atoms with van der Waals surface area (Å²) < 4.78 is 0. The second kappa shape index (κ2) is 6.51. The van der Waals surface area contributed by atoms with Gasteiger partial charge in [-0.25, -0.2) is 0 Å². The first-order chi connectivity index (χ1) is 7.13. The monoisotopic (exact) mass is 230 g/mol. The number of likely N-dealkylation sites (tertiary alicyclic amines) is 1. The molecule has 1 rings (SSSR count). The maximum absolute atomic E-state index is 5.60. The topological polar surface area (TPSA) is 15.3 Å². The van der Waals surface area contributed by atoms with Gasteiger partial charge in [0.25, 0.3) is 0 Å². The van der Waals surface area contributed by atoms with Gasteiger partial charge in [0.15, 0.2) is 0 Å². The molecule has 1 saturated heterocycles. The molecule has 0 saturated carbocycles. The molecule has 0 aliphatic carbocycles. The molecule has 1 N–H and O–H groups in total. The lowest BCUT2D eigenvalue weighted by Gasteiger charge is -2.20. The molecular formula is C12H23ClN2. The van der Waals surface area contributed by atoms with E-state index in [0.29, 0.717) is 6.04 Å². The van der Waals surface area contributed by atoms with Crippen molar-refractivity contribution in [2.45, 2.75) is 33.2 Å². The Morgan fingerprint density at radius 2 is 2.33 bits per heavy atom. The molecule has 1 aliphatic rings. The molecule has 1 unspecified atom stereocenters. The normalized spacial score (nSPS) is 24.1. The van der Waals surface area contributed by atoms with Gasteiger partial charge in [0.2, 0.25) is 0 Å². The van der Waals surface area contributed by atoms with E-state index in [1.807, 2.05) is 0 Å². The number of hydrogen-bond donors (Lipinski definition) is 1. The first-order valence-electron chi connectivity index (χ1n) is 5.84. The summed E-state index contributed by atoms with van der Waals surface area (Å²) in [4.78, 5) is 2.55. The Hall–Kier alpha value is -0.0500. The lowest BCUT2D eigenvalue weighted by molar-refractivity contribution is 0.264. The fourth-order valence-corrected chi connectivity index (χ4v) is 2.09. The molecule has 3 heteroatoms. The zero-order valence-corrected chi connectivity index (χ0v) is 10.8. The quantitative estimate of drug-likeness (QED) is 0.781. The maximum Gasteiger partial charge on any atom is 0.0173 e. The van der Waals surface area contributed by atoms with Crippen molar-refractivity contribution in [3.63, 3.8) is 0 Å². The van der Waals surface area contributed by atoms with Crippen LogP contribution in [0.2, 0.25) is 0 Å². The van der Waals surface area contributed by atoms with Crippen molar-refractivity contribution in [1.82, 2.24) is 10.2 Å². The Balaban J connectivity index is 2.14. The Bertz CT molecular complexity index is 214. The standard InChI is InChI=1S/C12H23ClN2/c1-10(2)15-5-4-12(9-15)8-14-7-11(3)6-13/h6,10,12,14H,4-5,7-9H2,1-3H3. The van der Waals surface area contributed by atoms with Crippen molar-refractivity contribution in [3.05, 3.63) is 11.1 Å². The van der Waals surface area contributed by atoms with Crippen LogP contribution in [0.15, 0.2) is 11.1 Å². The zero-order valence-electron chi connectivity index (χ0n) is 10.1. The van der Waals surface area contributed by atoms with Crippen LogP contribution in [0.3, 0.4) is 0 Å². The van der Waals surface area contributed by atoms with Crippen molar-refractivity contribution < 1.29 is 0 Å². The van der Waals surface area contributed by atoms with Crippen LogP contribution in [0.4, 0.5) is 0 Å². The SMILES string of the molecule is CC(=CCl)CNCC1CCN(C(C)C)C1. The summed E-state index contributed by atoms with van der Waals surface area (Å²) in [6.45, 7) is 11.1. The minimum absolute atomic E-state index is 0.694. The van der Waals surface area contributed by atoms with Crippen LogP contribution in [0.25, 0.3) is 0 Å². The second-order valence-electron chi connectivity index (χ2n) is 4.83. The largest absolute Gasteiger partial charge is 0.313 e. The molecule has 1 heterocycles. The summed E-state index contributed by atoms with van der Waals surface area (Å²) in [6, 6.07) is 0.694. The van der Waals surface area contributed by atoms with Gasteiger partial charge in [-0.05, 0) is 51.8 Å². The molecule has 0 radical (unpaired) electrons. The van der Waals surface area contributed by atoms with E-state index in [0.717, 1.165) is 19.0 Å². The molecule has 0 aromatic carbocycles. The van der Waals surface area contributed by atoms with Gasteiger partial charge < -0.3 is 10.2 Å². The van der Waals surface area contributed by atoms with E-state index in [1.165, 1.54) is 25.1 Å². The molecule has 1 fully saturated rings. The number of nitrogens with one attached hydrogen (secondary N) is 1. The van der Waals surface area contributed by atoms with E-state index in [1.54, 1.807) is 5.54 Å². The molecule has 0 aromatic heterocycles. The van der Waals surface area contributed by atoms with Crippen LogP contribution in [-0.2, 0) is 0 Å². The summed E-state index contributed by atoms with van der Waals surface area (Å²) in [7, 11) is 0. The molecule has 0 bridgehead atoms. The Morgan fingerprint density at radius 1 is 1.60 bits per heavy atom. The highest BCUT2D eigenvalue weighted by Crippen LogP contribution is 2.17. The van der Waals surface area contributed by atoms with Crippen molar-refractivity contribution in [1.29, 1.82) is 0 Å². The molecule has 1 aliphatic heterocycles. The molecule has 2 nitrogen and oxygen atoms in total. The van der Waals surface area contributed by atoms with Gasteiger partial charge in [-0.2, -0.15) is 0 Å². The summed E-state index contributed by atoms with van der Waals surface area (Å²) in [5.41, 5.74) is 2.86. The molecule has 0 spiro atoms. The van der Waals surface area contributed by atoms with Crippen LogP contribution in [0.5, 0.6) is 0 Å². The lowest BCUT2D eigenvalue weighted by atomic mass is 10.1. The Labute approximate surface area is 98.7 Å². The predicted molar refractivity (Wildman–Crippen MR) is 67.3 cm³/mol. The molecule has 0 aromatic rings. The number of halogens is 1. The summed E-state index contributed by atoms with van der Waals surface area (Å²) >= 11 is 5.60. The average Bonchev–Trinajstić information content (AvgIpc) is 2.66. The maximum atomic E-state index is 5.60. The van der Waals surface area contributed by atoms with Crippen molar-refractivity contribution >= 4 is 11.6 Å². The highest BCUT2D eigenvalue weighted by atomic mass is 35.5. The van der Waals surface area contributed by atoms with Crippen LogP contribution in [-0.4, -0.2) is 37.1 Å². The summed E-state index contributed by atoms with van der Waals surface area (Å²) in [5.74, 6) is 0.815. The van der Waals surface area contributed by atoms with Gasteiger partial charge >= 0.3 is 0 Å². The Morgan fingerprint density at radius 3 is 2.87 bits per heavy atom. The number of hydrogen-bond acceptors (Lipinski definition) is 2. The fourth-order valence-electron chi connectivity index (χ4n) is 2.01. The van der Waals surface area contributed by atoms with Crippen LogP contribution >= 0.6 is 11.6 Å². The third-order valence-corrected chi connectivity index (χ3v) is 3.44. The first kappa shape index (κ1) is 13.0. The van der Waals surface area contributed by atoms with E-state index in [4.69, 9.17) is 11.6 Å². The number of nitrogens with zero attached hydrogens (tertiary/aromatic N) is 1. The third kappa shape index (κ3) is 4.54. The van der Waals surface area contributed by atoms with Crippen molar-refractivity contribution in [2.24, 2.45) is 5.92 Å². The predicted octanol–water partition coefficient (Wildman–Crippen LogP) is 2.45. The molecule has 1 atom stereocenters. The van der Waals surface area contributed by atoms with Crippen molar-refractivity contribution in [2.75, 3.05) is 26.2 Å². The van der Waals surface area contributed by atoms with Gasteiger partial charge in [-0.3, -0.25) is 0 Å². The first-order valence-corrected chi connectivity index (χ1v) is 6.27. The van der Waals surface area contributed by atoms with E-state index in [9.17, 15) is 0 Å².